The number of carboxylic acid groups (broad SMARTS) is 4. The normalized spacial score (nSPS) is 11.6. The summed E-state index contributed by atoms with van der Waals surface area (Å²) in [6.07, 6.45) is 0. The van der Waals surface area contributed by atoms with Crippen molar-refractivity contribution in [3.05, 3.63) is 58.0 Å². The van der Waals surface area contributed by atoms with Crippen LogP contribution in [0.4, 0.5) is 0 Å². The van der Waals surface area contributed by atoms with Crippen LogP contribution in [0.15, 0.2) is 24.3 Å². The number of H-pyrrole nitrogens is 2. The Labute approximate surface area is 261 Å². The number of aromatic carboxylic acids is 4. The molecule has 0 aliphatic heterocycles. The minimum absolute atomic E-state index is 0.0158. The van der Waals surface area contributed by atoms with Crippen LogP contribution >= 0.6 is 0 Å². The van der Waals surface area contributed by atoms with Gasteiger partial charge in [0.25, 0.3) is 18.7 Å². The number of nitrogens with one attached hydrogen (secondary N) is 2. The Bertz CT molecular complexity index is 2320. The number of benzene rings is 1. The van der Waals surface area contributed by atoms with E-state index in [0.717, 1.165) is 24.3 Å². The molecule has 4 heterocycles. The van der Waals surface area contributed by atoms with Crippen LogP contribution in [0.2, 0.25) is 0 Å². The van der Waals surface area contributed by atoms with Crippen molar-refractivity contribution < 1.29 is 78.5 Å². The Kier molecular flexibility index (Phi) is 7.74. The number of rotatable bonds is 8. The van der Waals surface area contributed by atoms with Crippen molar-refractivity contribution in [2.75, 3.05) is 0 Å². The van der Waals surface area contributed by atoms with Gasteiger partial charge in [-0.3, -0.25) is 19.2 Å². The summed E-state index contributed by atoms with van der Waals surface area (Å²) in [7, 11) is 0. The molecule has 0 unspecified atom stereocenters. The fourth-order valence-electron chi connectivity index (χ4n) is 4.81. The molecule has 5 aromatic rings. The van der Waals surface area contributed by atoms with Crippen molar-refractivity contribution in [1.29, 1.82) is 0 Å². The number of carboxylic acids is 4. The summed E-state index contributed by atoms with van der Waals surface area (Å²) < 4.78 is 8.96. The Hall–Kier alpha value is -7.64. The van der Waals surface area contributed by atoms with Crippen LogP contribution in [0, 0.1) is 0 Å². The second kappa shape index (κ2) is 11.7. The zero-order valence-corrected chi connectivity index (χ0v) is 23.1. The van der Waals surface area contributed by atoms with E-state index in [2.05, 4.69) is 29.4 Å². The van der Waals surface area contributed by atoms with Crippen LogP contribution in [-0.4, -0.2) is 99.0 Å². The number of phenols is 2. The van der Waals surface area contributed by atoms with Gasteiger partial charge in [0.2, 0.25) is 17.5 Å². The molecule has 1 aromatic carbocycles. The number of aromatic nitrogens is 4. The van der Waals surface area contributed by atoms with E-state index in [1.807, 2.05) is 0 Å². The van der Waals surface area contributed by atoms with Crippen molar-refractivity contribution in [3.8, 4) is 34.5 Å². The second-order valence-corrected chi connectivity index (χ2v) is 9.41. The summed E-state index contributed by atoms with van der Waals surface area (Å²) in [6.45, 7) is 0.00446. The van der Waals surface area contributed by atoms with Crippen LogP contribution in [0.1, 0.15) is 62.5 Å². The topological polar surface area (TPSA) is 334 Å². The number of Topliss-reactive ketones (excluding diaryl/α,β-unsaturated/α-hetero) is 2. The van der Waals surface area contributed by atoms with E-state index in [9.17, 15) is 58.8 Å². The fraction of sp³-hybridized carbons (Fsp3) is 0. The van der Waals surface area contributed by atoms with Gasteiger partial charge in [0.15, 0.2) is 11.5 Å². The maximum Gasteiger partial charge on any atom is 0.352 e. The van der Waals surface area contributed by atoms with E-state index in [1.165, 1.54) is 0 Å². The third-order valence-electron chi connectivity index (χ3n) is 6.76. The lowest BCUT2D eigenvalue weighted by atomic mass is 9.89. The number of carbonyl (C=O) groups is 8. The average molecular weight is 662 g/mol. The molecule has 1 aliphatic rings. The number of ether oxygens (including phenoxy) is 2. The Morgan fingerprint density at radius 3 is 1.81 bits per heavy atom. The molecule has 0 radical (unpaired) electrons. The summed E-state index contributed by atoms with van der Waals surface area (Å²) in [4.78, 5) is 103. The average Bonchev–Trinajstić information content (AvgIpc) is 3.69. The molecule has 48 heavy (non-hydrogen) atoms. The molecular weight excluding hydrogens is 648 g/mol. The predicted octanol–water partition coefficient (Wildman–Crippen LogP) is 1.45. The molecule has 4 aromatic heterocycles. The third-order valence-corrected chi connectivity index (χ3v) is 6.76. The van der Waals surface area contributed by atoms with E-state index in [1.54, 1.807) is 0 Å². The minimum atomic E-state index is -1.48. The third kappa shape index (κ3) is 5.11. The van der Waals surface area contributed by atoms with Gasteiger partial charge < -0.3 is 50.1 Å². The van der Waals surface area contributed by atoms with Crippen molar-refractivity contribution in [1.82, 2.24) is 19.9 Å². The molecule has 0 amide bonds. The van der Waals surface area contributed by atoms with Crippen LogP contribution < -0.4 is 9.47 Å². The van der Waals surface area contributed by atoms with Gasteiger partial charge in [0, 0.05) is 28.5 Å². The van der Waals surface area contributed by atoms with E-state index in [4.69, 9.17) is 10.2 Å². The highest BCUT2D eigenvalue weighted by molar-refractivity contribution is 6.52. The van der Waals surface area contributed by atoms with Gasteiger partial charge in [0.05, 0.1) is 27.9 Å². The summed E-state index contributed by atoms with van der Waals surface area (Å²) >= 11 is 0. The van der Waals surface area contributed by atoms with Gasteiger partial charge in [-0.05, 0) is 12.1 Å². The monoisotopic (exact) mass is 662 g/mol. The minimum Gasteiger partial charge on any atom is -0.504 e. The largest absolute Gasteiger partial charge is 0.504 e. The van der Waals surface area contributed by atoms with Gasteiger partial charge in [-0.1, -0.05) is 0 Å². The number of hydrogen-bond donors (Lipinski definition) is 8. The maximum atomic E-state index is 12.2. The van der Waals surface area contributed by atoms with Crippen LogP contribution in [-0.2, 0) is 9.59 Å². The molecule has 0 saturated heterocycles. The van der Waals surface area contributed by atoms with Gasteiger partial charge in [-0.15, -0.1) is 0 Å². The molecule has 0 spiro atoms. The van der Waals surface area contributed by atoms with Gasteiger partial charge >= 0.3 is 23.9 Å². The Morgan fingerprint density at radius 1 is 0.688 bits per heavy atom. The van der Waals surface area contributed by atoms with E-state index < -0.39 is 81.2 Å². The highest BCUT2D eigenvalue weighted by Gasteiger charge is 2.38. The van der Waals surface area contributed by atoms with Gasteiger partial charge in [0.1, 0.15) is 22.6 Å². The lowest BCUT2D eigenvalue weighted by molar-refractivity contribution is -0.121. The van der Waals surface area contributed by atoms with Crippen LogP contribution in [0.3, 0.4) is 0 Å². The predicted molar refractivity (Wildman–Crippen MR) is 151 cm³/mol. The number of hydrogen-bond acceptors (Lipinski definition) is 14. The molecular formula is C28H14N4O16. The number of nitrogens with zero attached hydrogens (tertiary/aromatic N) is 2. The zero-order chi connectivity index (χ0) is 35.2. The first kappa shape index (κ1) is 31.8. The number of carbonyl (C=O) groups excluding carboxylic acids is 4. The molecule has 1 aliphatic carbocycles. The molecule has 6 rings (SSSR count). The Balaban J connectivity index is 0.000000188. The van der Waals surface area contributed by atoms with Crippen molar-refractivity contribution in [2.45, 2.75) is 0 Å². The van der Waals surface area contributed by atoms with Crippen LogP contribution in [0.25, 0.3) is 33.1 Å². The quantitative estimate of drug-likeness (QED) is 0.0661. The molecule has 0 bridgehead atoms. The fourth-order valence-corrected chi connectivity index (χ4v) is 4.81. The zero-order valence-electron chi connectivity index (χ0n) is 23.1. The standard InChI is InChI=1S/C14H8N2O8.C14H6N2O8/c2*17-3-24-7-2-4(13(20)21)8-9-5(1-6(15-9)14(22)23)11(18)12(19)10(8)16-7/h1-3,15,18-19H,(H,20,21)(H,22,23);1-3,15H,(H,20,21)(H,22,23). The van der Waals surface area contributed by atoms with E-state index in [-0.39, 0.29) is 57.3 Å². The lowest BCUT2D eigenvalue weighted by Gasteiger charge is -2.16. The number of ketones is 2. The number of pyridine rings is 2. The first-order chi connectivity index (χ1) is 22.7. The smallest absolute Gasteiger partial charge is 0.352 e. The molecule has 0 fully saturated rings. The second-order valence-electron chi connectivity index (χ2n) is 9.41. The van der Waals surface area contributed by atoms with Crippen molar-refractivity contribution in [2.24, 2.45) is 0 Å². The molecule has 0 saturated carbocycles. The summed E-state index contributed by atoms with van der Waals surface area (Å²) in [6, 6.07) is 3.83. The molecule has 20 heteroatoms. The van der Waals surface area contributed by atoms with Crippen molar-refractivity contribution >= 4 is 70.2 Å². The number of phenolic OH excluding ortho intramolecular Hbond substituents is 2. The SMILES string of the molecule is O=COc1cc(C(=O)O)c2c(n1)C(=O)C(=O)c1cc(C(=O)O)[nH]c1-2.O=COc1cc(C(=O)O)c2c(n1)c(O)c(O)c1cc(C(=O)O)[nH]c12. The van der Waals surface area contributed by atoms with E-state index >= 15 is 0 Å². The molecule has 0 atom stereocenters. The first-order valence-corrected chi connectivity index (χ1v) is 12.6. The highest BCUT2D eigenvalue weighted by Crippen LogP contribution is 2.43. The molecule has 242 valence electrons. The van der Waals surface area contributed by atoms with Crippen molar-refractivity contribution in [3.63, 3.8) is 0 Å². The summed E-state index contributed by atoms with van der Waals surface area (Å²) in [5.41, 5.74) is -3.19. The van der Waals surface area contributed by atoms with Crippen LogP contribution in [0.5, 0.6) is 23.3 Å². The molecule has 20 nitrogen and oxygen atoms in total. The molecule has 8 N–H and O–H groups in total. The summed E-state index contributed by atoms with van der Waals surface area (Å²) in [5.74, 6) is -10.2. The number of aromatic hydroxyl groups is 2. The number of aromatic amines is 2. The lowest BCUT2D eigenvalue weighted by Crippen LogP contribution is -2.24. The summed E-state index contributed by atoms with van der Waals surface area (Å²) in [5, 5.41) is 56.6. The van der Waals surface area contributed by atoms with E-state index in [0.29, 0.717) is 0 Å². The van der Waals surface area contributed by atoms with Gasteiger partial charge in [-0.2, -0.15) is 0 Å². The Morgan fingerprint density at radius 2 is 1.25 bits per heavy atom. The maximum absolute atomic E-state index is 12.2. The first-order valence-electron chi connectivity index (χ1n) is 12.6. The van der Waals surface area contributed by atoms with Gasteiger partial charge in [-0.25, -0.2) is 29.1 Å². The highest BCUT2D eigenvalue weighted by atomic mass is 16.5. The number of fused-ring (bicyclic) bond motifs is 6.